The van der Waals surface area contributed by atoms with E-state index in [2.05, 4.69) is 160 Å². The number of allylic oxidation sites excluding steroid dienone is 2. The number of benzene rings is 5. The average molecular weight is 632 g/mol. The van der Waals surface area contributed by atoms with E-state index in [0.717, 1.165) is 25.7 Å². The highest BCUT2D eigenvalue weighted by atomic mass is 15.0. The monoisotopic (exact) mass is 631 g/mol. The number of nitrogens with zero attached hydrogens (tertiary/aromatic N) is 1. The van der Waals surface area contributed by atoms with Crippen molar-refractivity contribution in [2.45, 2.75) is 64.2 Å². The fraction of sp³-hybridized carbons (Fsp3) is 0.208. The number of hydrogen-bond donors (Lipinski definition) is 0. The standard InChI is InChI=1S/C48H41N/c1-47(2)41-14-8-5-11-35(41)36-25-20-32(28-42(36)47)33-21-26-38-37-24-19-31(27-43(37)48(3,4)44(38)29-33)30-17-22-34(23-18-30)49-45-15-9-6-12-39(45)40-13-7-10-16-46(40)49/h5,8-11,14-29H,6-7,12-13H2,1-4H3. The van der Waals surface area contributed by atoms with Crippen LogP contribution in [0.5, 0.6) is 0 Å². The van der Waals surface area contributed by atoms with Gasteiger partial charge < -0.3 is 4.57 Å². The van der Waals surface area contributed by atoms with Gasteiger partial charge in [-0.3, -0.25) is 0 Å². The van der Waals surface area contributed by atoms with Gasteiger partial charge in [-0.1, -0.05) is 113 Å². The summed E-state index contributed by atoms with van der Waals surface area (Å²) in [5.41, 5.74) is 23.3. The van der Waals surface area contributed by atoms with E-state index >= 15 is 0 Å². The van der Waals surface area contributed by atoms with E-state index in [4.69, 9.17) is 0 Å². The molecule has 0 N–H and O–H groups in total. The highest BCUT2D eigenvalue weighted by molar-refractivity contribution is 5.88. The molecule has 1 nitrogen and oxygen atoms in total. The van der Waals surface area contributed by atoms with Crippen molar-refractivity contribution < 1.29 is 0 Å². The molecule has 0 saturated heterocycles. The molecule has 1 heteroatoms. The Hall–Kier alpha value is -5.14. The van der Waals surface area contributed by atoms with Gasteiger partial charge in [-0.15, -0.1) is 0 Å². The maximum Gasteiger partial charge on any atom is 0.0494 e. The summed E-state index contributed by atoms with van der Waals surface area (Å²) in [6.45, 7) is 9.53. The highest BCUT2D eigenvalue weighted by Crippen LogP contribution is 2.52. The van der Waals surface area contributed by atoms with Gasteiger partial charge in [0.1, 0.15) is 0 Å². The van der Waals surface area contributed by atoms with Gasteiger partial charge in [-0.2, -0.15) is 0 Å². The molecule has 49 heavy (non-hydrogen) atoms. The van der Waals surface area contributed by atoms with Gasteiger partial charge >= 0.3 is 0 Å². The first-order valence-electron chi connectivity index (χ1n) is 18.1. The third-order valence-electron chi connectivity index (χ3n) is 12.2. The van der Waals surface area contributed by atoms with Gasteiger partial charge in [-0.05, 0) is 146 Å². The second kappa shape index (κ2) is 10.2. The smallest absolute Gasteiger partial charge is 0.0494 e. The molecule has 6 aromatic rings. The maximum absolute atomic E-state index is 2.49. The van der Waals surface area contributed by atoms with Crippen molar-refractivity contribution >= 4 is 12.2 Å². The molecule has 0 aliphatic heterocycles. The first-order valence-corrected chi connectivity index (χ1v) is 18.1. The summed E-state index contributed by atoms with van der Waals surface area (Å²) in [6.07, 6.45) is 14.0. The minimum absolute atomic E-state index is 0.00244. The Bertz CT molecular complexity index is 2380. The molecule has 10 rings (SSSR count). The number of hydrogen-bond acceptors (Lipinski definition) is 0. The quantitative estimate of drug-likeness (QED) is 0.183. The predicted octanol–water partition coefficient (Wildman–Crippen LogP) is 12.3. The fourth-order valence-corrected chi connectivity index (χ4v) is 9.52. The molecule has 1 heterocycles. The van der Waals surface area contributed by atoms with E-state index in [1.165, 1.54) is 83.8 Å². The highest BCUT2D eigenvalue weighted by Gasteiger charge is 2.37. The van der Waals surface area contributed by atoms with Crippen molar-refractivity contribution in [1.82, 2.24) is 4.57 Å². The van der Waals surface area contributed by atoms with Crippen molar-refractivity contribution in [2.75, 3.05) is 0 Å². The minimum atomic E-state index is -0.0925. The molecule has 5 aromatic carbocycles. The van der Waals surface area contributed by atoms with Gasteiger partial charge in [-0.25, -0.2) is 0 Å². The van der Waals surface area contributed by atoms with E-state index in [1.54, 1.807) is 11.1 Å². The molecule has 0 radical (unpaired) electrons. The molecule has 0 bridgehead atoms. The van der Waals surface area contributed by atoms with Crippen molar-refractivity contribution in [1.29, 1.82) is 0 Å². The zero-order valence-corrected chi connectivity index (χ0v) is 28.9. The van der Waals surface area contributed by atoms with E-state index in [1.807, 2.05) is 0 Å². The van der Waals surface area contributed by atoms with Gasteiger partial charge in [0.05, 0.1) is 0 Å². The number of fused-ring (bicyclic) bond motifs is 9. The molecule has 0 saturated carbocycles. The van der Waals surface area contributed by atoms with E-state index in [0.29, 0.717) is 0 Å². The Balaban J connectivity index is 0.988. The van der Waals surface area contributed by atoms with E-state index in [-0.39, 0.29) is 10.8 Å². The molecular formula is C48H41N. The summed E-state index contributed by atoms with van der Waals surface area (Å²) in [7, 11) is 0. The van der Waals surface area contributed by atoms with Crippen molar-refractivity contribution in [3.63, 3.8) is 0 Å². The second-order valence-corrected chi connectivity index (χ2v) is 15.6. The lowest BCUT2D eigenvalue weighted by Crippen LogP contribution is -2.15. The first kappa shape index (κ1) is 28.8. The van der Waals surface area contributed by atoms with Crippen LogP contribution in [-0.2, 0) is 23.7 Å². The molecule has 4 aliphatic rings. The van der Waals surface area contributed by atoms with Gasteiger partial charge in [0.2, 0.25) is 0 Å². The summed E-state index contributed by atoms with van der Waals surface area (Å²) >= 11 is 0. The third kappa shape index (κ3) is 4.05. The largest absolute Gasteiger partial charge is 0.310 e. The molecule has 0 spiro atoms. The Morgan fingerprint density at radius 1 is 0.449 bits per heavy atom. The van der Waals surface area contributed by atoms with Crippen molar-refractivity contribution in [2.24, 2.45) is 0 Å². The molecule has 0 unspecified atom stereocenters. The SMILES string of the molecule is CC1(C)c2ccccc2-c2ccc(-c3ccc4c(c3)C(C)(C)c3cc(-c5ccc(-n6c7c(c8c6C=CCC8)CCC=C7)cc5)ccc3-4)cc21. The minimum Gasteiger partial charge on any atom is -0.310 e. The number of rotatable bonds is 3. The van der Waals surface area contributed by atoms with Crippen LogP contribution in [0.4, 0.5) is 0 Å². The topological polar surface area (TPSA) is 4.93 Å². The number of aromatic nitrogens is 1. The second-order valence-electron chi connectivity index (χ2n) is 15.6. The molecule has 1 aromatic heterocycles. The van der Waals surface area contributed by atoms with Gasteiger partial charge in [0.25, 0.3) is 0 Å². The van der Waals surface area contributed by atoms with Crippen molar-refractivity contribution in [3.05, 3.63) is 160 Å². The Morgan fingerprint density at radius 3 is 1.41 bits per heavy atom. The van der Waals surface area contributed by atoms with E-state index in [9.17, 15) is 0 Å². The Labute approximate surface area is 290 Å². The summed E-state index contributed by atoms with van der Waals surface area (Å²) in [6, 6.07) is 39.5. The van der Waals surface area contributed by atoms with Crippen molar-refractivity contribution in [3.8, 4) is 50.2 Å². The van der Waals surface area contributed by atoms with Crippen LogP contribution in [0, 0.1) is 0 Å². The lowest BCUT2D eigenvalue weighted by Gasteiger charge is -2.23. The lowest BCUT2D eigenvalue weighted by molar-refractivity contribution is 0.659. The van der Waals surface area contributed by atoms with Gasteiger partial charge in [0.15, 0.2) is 0 Å². The zero-order valence-electron chi connectivity index (χ0n) is 28.9. The summed E-state index contributed by atoms with van der Waals surface area (Å²) in [5.74, 6) is 0. The third-order valence-corrected chi connectivity index (χ3v) is 12.2. The average Bonchev–Trinajstić information content (AvgIpc) is 3.68. The van der Waals surface area contributed by atoms with Crippen LogP contribution in [0.25, 0.3) is 62.3 Å². The van der Waals surface area contributed by atoms with Crippen LogP contribution in [-0.4, -0.2) is 4.57 Å². The van der Waals surface area contributed by atoms with Crippen LogP contribution >= 0.6 is 0 Å². The predicted molar refractivity (Wildman–Crippen MR) is 206 cm³/mol. The van der Waals surface area contributed by atoms with Crippen LogP contribution < -0.4 is 0 Å². The molecule has 0 fully saturated rings. The first-order chi connectivity index (χ1) is 23.8. The molecule has 0 amide bonds. The molecular weight excluding hydrogens is 591 g/mol. The summed E-state index contributed by atoms with van der Waals surface area (Å²) < 4.78 is 2.49. The van der Waals surface area contributed by atoms with E-state index < -0.39 is 0 Å². The summed E-state index contributed by atoms with van der Waals surface area (Å²) in [5, 5.41) is 0. The Morgan fingerprint density at radius 2 is 0.878 bits per heavy atom. The molecule has 4 aliphatic carbocycles. The van der Waals surface area contributed by atoms with Crippen LogP contribution in [0.1, 0.15) is 85.3 Å². The van der Waals surface area contributed by atoms with Crippen LogP contribution in [0.2, 0.25) is 0 Å². The molecule has 238 valence electrons. The normalized spacial score (nSPS) is 16.8. The van der Waals surface area contributed by atoms with Gasteiger partial charge in [0, 0.05) is 27.9 Å². The Kier molecular flexibility index (Phi) is 6.00. The van der Waals surface area contributed by atoms with Crippen LogP contribution in [0.15, 0.2) is 115 Å². The maximum atomic E-state index is 2.49. The van der Waals surface area contributed by atoms with Crippen LogP contribution in [0.3, 0.4) is 0 Å². The zero-order chi connectivity index (χ0) is 33.1. The summed E-state index contributed by atoms with van der Waals surface area (Å²) in [4.78, 5) is 0. The lowest BCUT2D eigenvalue weighted by atomic mass is 9.80. The fourth-order valence-electron chi connectivity index (χ4n) is 9.52. The molecule has 0 atom stereocenters.